The van der Waals surface area contributed by atoms with E-state index in [9.17, 15) is 0 Å². The number of rotatable bonds is 9. The smallest absolute Gasteiger partial charge is 0.0700 e. The molecule has 1 unspecified atom stereocenters. The molecule has 0 radical (unpaired) electrons. The zero-order chi connectivity index (χ0) is 14.1. The van der Waals surface area contributed by atoms with Crippen LogP contribution >= 0.6 is 0 Å². The maximum atomic E-state index is 5.56. The number of ether oxygens (including phenoxy) is 2. The summed E-state index contributed by atoms with van der Waals surface area (Å²) in [4.78, 5) is 0. The molecule has 0 bridgehead atoms. The summed E-state index contributed by atoms with van der Waals surface area (Å²) < 4.78 is 10.5. The molecule has 1 aromatic carbocycles. The van der Waals surface area contributed by atoms with Gasteiger partial charge in [0.15, 0.2) is 0 Å². The van der Waals surface area contributed by atoms with Gasteiger partial charge in [-0.25, -0.2) is 0 Å². The molecule has 1 atom stereocenters. The van der Waals surface area contributed by atoms with E-state index in [4.69, 9.17) is 9.47 Å². The number of benzene rings is 1. The predicted molar refractivity (Wildman–Crippen MR) is 79.6 cm³/mol. The van der Waals surface area contributed by atoms with Crippen molar-refractivity contribution in [3.05, 3.63) is 34.9 Å². The average molecular weight is 265 g/mol. The highest BCUT2D eigenvalue weighted by molar-refractivity contribution is 5.31. The molecule has 3 nitrogen and oxygen atoms in total. The minimum atomic E-state index is 0.367. The maximum absolute atomic E-state index is 5.56. The second-order valence-electron chi connectivity index (χ2n) is 4.85. The molecule has 0 aliphatic heterocycles. The van der Waals surface area contributed by atoms with E-state index in [0.717, 1.165) is 19.6 Å². The Hall–Kier alpha value is -0.900. The van der Waals surface area contributed by atoms with Crippen molar-refractivity contribution >= 4 is 0 Å². The number of hydrogen-bond acceptors (Lipinski definition) is 3. The first-order chi connectivity index (χ1) is 9.19. The molecule has 19 heavy (non-hydrogen) atoms. The fourth-order valence-corrected chi connectivity index (χ4v) is 2.06. The summed E-state index contributed by atoms with van der Waals surface area (Å²) >= 11 is 0. The van der Waals surface area contributed by atoms with E-state index in [1.807, 2.05) is 0 Å². The Morgan fingerprint density at radius 1 is 1.11 bits per heavy atom. The summed E-state index contributed by atoms with van der Waals surface area (Å²) in [6, 6.07) is 7.05. The van der Waals surface area contributed by atoms with Crippen molar-refractivity contribution in [2.45, 2.75) is 33.2 Å². The van der Waals surface area contributed by atoms with E-state index in [-0.39, 0.29) is 0 Å². The lowest BCUT2D eigenvalue weighted by molar-refractivity contribution is 0.0658. The minimum Gasteiger partial charge on any atom is -0.382 e. The molecular formula is C16H27NO2. The van der Waals surface area contributed by atoms with Gasteiger partial charge in [-0.1, -0.05) is 25.1 Å². The Bertz CT molecular complexity index is 366. The van der Waals surface area contributed by atoms with Gasteiger partial charge in [-0.3, -0.25) is 0 Å². The summed E-state index contributed by atoms with van der Waals surface area (Å²) in [5.41, 5.74) is 4.04. The standard InChI is InChI=1S/C16H27NO2/c1-5-17-16(8-9-19-11-10-18-4)15-7-6-13(2)14(3)12-15/h6-7,12,16-17H,5,8-11H2,1-4H3. The molecule has 1 aromatic rings. The lowest BCUT2D eigenvalue weighted by atomic mass is 9.99. The molecule has 0 aromatic heterocycles. The topological polar surface area (TPSA) is 30.5 Å². The van der Waals surface area contributed by atoms with Crippen molar-refractivity contribution in [1.82, 2.24) is 5.32 Å². The molecule has 0 heterocycles. The summed E-state index contributed by atoms with van der Waals surface area (Å²) in [5.74, 6) is 0. The van der Waals surface area contributed by atoms with Crippen LogP contribution in [0.25, 0.3) is 0 Å². The van der Waals surface area contributed by atoms with Crippen LogP contribution in [0, 0.1) is 13.8 Å². The highest BCUT2D eigenvalue weighted by Gasteiger charge is 2.10. The molecule has 0 saturated heterocycles. The van der Waals surface area contributed by atoms with E-state index in [2.05, 4.69) is 44.3 Å². The number of nitrogens with one attached hydrogen (secondary N) is 1. The van der Waals surface area contributed by atoms with Gasteiger partial charge in [0, 0.05) is 19.8 Å². The molecule has 3 heteroatoms. The molecule has 0 aliphatic rings. The predicted octanol–water partition coefficient (Wildman–Crippen LogP) is 3.01. The first-order valence-corrected chi connectivity index (χ1v) is 7.06. The Kier molecular flexibility index (Phi) is 7.72. The summed E-state index contributed by atoms with van der Waals surface area (Å²) in [7, 11) is 1.69. The van der Waals surface area contributed by atoms with E-state index < -0.39 is 0 Å². The van der Waals surface area contributed by atoms with E-state index >= 15 is 0 Å². The number of aryl methyl sites for hydroxylation is 2. The van der Waals surface area contributed by atoms with Crippen molar-refractivity contribution in [2.75, 3.05) is 33.5 Å². The lowest BCUT2D eigenvalue weighted by Gasteiger charge is -2.19. The van der Waals surface area contributed by atoms with Gasteiger partial charge in [0.25, 0.3) is 0 Å². The molecule has 1 N–H and O–H groups in total. The van der Waals surface area contributed by atoms with Gasteiger partial charge in [-0.2, -0.15) is 0 Å². The molecule has 0 saturated carbocycles. The zero-order valence-corrected chi connectivity index (χ0v) is 12.7. The first kappa shape index (κ1) is 16.2. The Morgan fingerprint density at radius 2 is 1.89 bits per heavy atom. The van der Waals surface area contributed by atoms with Crippen LogP contribution in [0.2, 0.25) is 0 Å². The minimum absolute atomic E-state index is 0.367. The van der Waals surface area contributed by atoms with Gasteiger partial charge in [0.1, 0.15) is 0 Å². The third kappa shape index (κ3) is 5.72. The van der Waals surface area contributed by atoms with Gasteiger partial charge in [-0.05, 0) is 43.5 Å². The average Bonchev–Trinajstić information content (AvgIpc) is 2.40. The Balaban J connectivity index is 2.53. The highest BCUT2D eigenvalue weighted by atomic mass is 16.5. The van der Waals surface area contributed by atoms with Gasteiger partial charge < -0.3 is 14.8 Å². The fraction of sp³-hybridized carbons (Fsp3) is 0.625. The van der Waals surface area contributed by atoms with Crippen molar-refractivity contribution in [1.29, 1.82) is 0 Å². The summed E-state index contributed by atoms with van der Waals surface area (Å²) in [5, 5.41) is 3.53. The van der Waals surface area contributed by atoms with Crippen LogP contribution in [-0.4, -0.2) is 33.5 Å². The fourth-order valence-electron chi connectivity index (χ4n) is 2.06. The van der Waals surface area contributed by atoms with Crippen LogP contribution in [-0.2, 0) is 9.47 Å². The second kappa shape index (κ2) is 9.08. The second-order valence-corrected chi connectivity index (χ2v) is 4.85. The highest BCUT2D eigenvalue weighted by Crippen LogP contribution is 2.20. The van der Waals surface area contributed by atoms with Gasteiger partial charge >= 0.3 is 0 Å². The summed E-state index contributed by atoms with van der Waals surface area (Å²) in [6.07, 6.45) is 0.986. The largest absolute Gasteiger partial charge is 0.382 e. The van der Waals surface area contributed by atoms with E-state index in [0.29, 0.717) is 19.3 Å². The van der Waals surface area contributed by atoms with Gasteiger partial charge in [0.2, 0.25) is 0 Å². The third-order valence-electron chi connectivity index (χ3n) is 3.37. The maximum Gasteiger partial charge on any atom is 0.0700 e. The van der Waals surface area contributed by atoms with Crippen LogP contribution in [0.1, 0.15) is 36.1 Å². The number of methoxy groups -OCH3 is 1. The zero-order valence-electron chi connectivity index (χ0n) is 12.7. The van der Waals surface area contributed by atoms with Crippen LogP contribution in [0.4, 0.5) is 0 Å². The van der Waals surface area contributed by atoms with E-state index in [1.54, 1.807) is 7.11 Å². The van der Waals surface area contributed by atoms with Crippen molar-refractivity contribution < 1.29 is 9.47 Å². The quantitative estimate of drug-likeness (QED) is 0.696. The van der Waals surface area contributed by atoms with Crippen molar-refractivity contribution in [2.24, 2.45) is 0 Å². The normalized spacial score (nSPS) is 12.6. The number of hydrogen-bond donors (Lipinski definition) is 1. The van der Waals surface area contributed by atoms with Crippen LogP contribution < -0.4 is 5.32 Å². The van der Waals surface area contributed by atoms with E-state index in [1.165, 1.54) is 16.7 Å². The SMILES string of the molecule is CCNC(CCOCCOC)c1ccc(C)c(C)c1. The molecule has 108 valence electrons. The monoisotopic (exact) mass is 265 g/mol. The van der Waals surface area contributed by atoms with Crippen molar-refractivity contribution in [3.63, 3.8) is 0 Å². The third-order valence-corrected chi connectivity index (χ3v) is 3.37. The summed E-state index contributed by atoms with van der Waals surface area (Å²) in [6.45, 7) is 9.51. The molecule has 0 spiro atoms. The first-order valence-electron chi connectivity index (χ1n) is 7.06. The Labute approximate surface area is 117 Å². The molecule has 0 aliphatic carbocycles. The lowest BCUT2D eigenvalue weighted by Crippen LogP contribution is -2.22. The van der Waals surface area contributed by atoms with Gasteiger partial charge in [-0.15, -0.1) is 0 Å². The molecular weight excluding hydrogens is 238 g/mol. The van der Waals surface area contributed by atoms with Gasteiger partial charge in [0.05, 0.1) is 13.2 Å². The molecule has 1 rings (SSSR count). The van der Waals surface area contributed by atoms with Crippen molar-refractivity contribution in [3.8, 4) is 0 Å². The van der Waals surface area contributed by atoms with Crippen LogP contribution in [0.15, 0.2) is 18.2 Å². The molecule has 0 amide bonds. The Morgan fingerprint density at radius 3 is 2.53 bits per heavy atom. The molecule has 0 fully saturated rings. The van der Waals surface area contributed by atoms with Crippen LogP contribution in [0.5, 0.6) is 0 Å². The van der Waals surface area contributed by atoms with Crippen LogP contribution in [0.3, 0.4) is 0 Å².